The average Bonchev–Trinajstić information content (AvgIpc) is 3.07. The third-order valence-electron chi connectivity index (χ3n) is 4.19. The van der Waals surface area contributed by atoms with Crippen molar-refractivity contribution in [1.29, 1.82) is 0 Å². The van der Waals surface area contributed by atoms with Gasteiger partial charge in [0.25, 0.3) is 0 Å². The minimum absolute atomic E-state index is 0.0910. The first kappa shape index (κ1) is 16.4. The van der Waals surface area contributed by atoms with Gasteiger partial charge in [0.05, 0.1) is 0 Å². The molecule has 0 bridgehead atoms. The first-order chi connectivity index (χ1) is 11.7. The molecule has 2 aromatic carbocycles. The van der Waals surface area contributed by atoms with Gasteiger partial charge in [-0.2, -0.15) is 0 Å². The Bertz CT molecular complexity index is 685. The van der Waals surface area contributed by atoms with Gasteiger partial charge in [-0.15, -0.1) is 0 Å². The highest BCUT2D eigenvalue weighted by Gasteiger charge is 2.14. The van der Waals surface area contributed by atoms with Crippen molar-refractivity contribution in [3.05, 3.63) is 59.7 Å². The fourth-order valence-electron chi connectivity index (χ4n) is 2.80. The van der Waals surface area contributed by atoms with Crippen LogP contribution in [0, 0.1) is 0 Å². The van der Waals surface area contributed by atoms with E-state index in [2.05, 4.69) is 24.4 Å². The number of ether oxygens (including phenoxy) is 2. The van der Waals surface area contributed by atoms with Crippen LogP contribution >= 0.6 is 0 Å². The van der Waals surface area contributed by atoms with Crippen LogP contribution in [0.25, 0.3) is 0 Å². The first-order valence-corrected chi connectivity index (χ1v) is 8.42. The number of benzene rings is 2. The highest BCUT2D eigenvalue weighted by atomic mass is 16.7. The van der Waals surface area contributed by atoms with Gasteiger partial charge in [-0.25, -0.2) is 0 Å². The highest BCUT2D eigenvalue weighted by Crippen LogP contribution is 2.32. The molecule has 0 saturated heterocycles. The second-order valence-corrected chi connectivity index (χ2v) is 6.18. The van der Waals surface area contributed by atoms with Crippen molar-refractivity contribution in [3.63, 3.8) is 0 Å². The van der Waals surface area contributed by atoms with Crippen LogP contribution < -0.4 is 14.8 Å². The number of rotatable bonds is 7. The molecule has 1 aliphatic rings. The topological polar surface area (TPSA) is 47.6 Å². The van der Waals surface area contributed by atoms with Crippen LogP contribution in [0.5, 0.6) is 11.5 Å². The molecule has 2 aromatic rings. The Morgan fingerprint density at radius 1 is 1.04 bits per heavy atom. The van der Waals surface area contributed by atoms with Crippen LogP contribution in [0.1, 0.15) is 30.9 Å². The quantitative estimate of drug-likeness (QED) is 0.848. The summed E-state index contributed by atoms with van der Waals surface area (Å²) in [5.74, 6) is 1.63. The van der Waals surface area contributed by atoms with Gasteiger partial charge >= 0.3 is 0 Å². The molecule has 0 aliphatic carbocycles. The zero-order chi connectivity index (χ0) is 16.8. The van der Waals surface area contributed by atoms with Crippen molar-refractivity contribution >= 4 is 5.91 Å². The Kier molecular flexibility index (Phi) is 5.36. The van der Waals surface area contributed by atoms with Crippen LogP contribution in [0.15, 0.2) is 48.5 Å². The minimum Gasteiger partial charge on any atom is -0.454 e. The number of nitrogens with one attached hydrogen (secondary N) is 1. The van der Waals surface area contributed by atoms with E-state index in [0.717, 1.165) is 29.9 Å². The van der Waals surface area contributed by atoms with Crippen molar-refractivity contribution < 1.29 is 14.3 Å². The number of carbonyl (C=O) groups excluding carboxylic acids is 1. The number of amides is 1. The van der Waals surface area contributed by atoms with Crippen LogP contribution in [0.4, 0.5) is 0 Å². The van der Waals surface area contributed by atoms with E-state index in [1.54, 1.807) is 0 Å². The van der Waals surface area contributed by atoms with Crippen molar-refractivity contribution in [2.75, 3.05) is 6.79 Å². The first-order valence-electron chi connectivity index (χ1n) is 8.42. The Hall–Kier alpha value is -2.49. The summed E-state index contributed by atoms with van der Waals surface area (Å²) in [4.78, 5) is 12.1. The number of fused-ring (bicyclic) bond motifs is 1. The maximum atomic E-state index is 12.1. The smallest absolute Gasteiger partial charge is 0.231 e. The Morgan fingerprint density at radius 2 is 1.83 bits per heavy atom. The van der Waals surface area contributed by atoms with Gasteiger partial charge in [-0.3, -0.25) is 4.79 Å². The molecule has 1 aliphatic heterocycles. The lowest BCUT2D eigenvalue weighted by Crippen LogP contribution is -2.33. The predicted molar refractivity (Wildman–Crippen MR) is 93.3 cm³/mol. The monoisotopic (exact) mass is 325 g/mol. The largest absolute Gasteiger partial charge is 0.454 e. The highest BCUT2D eigenvalue weighted by molar-refractivity contribution is 5.76. The third-order valence-corrected chi connectivity index (χ3v) is 4.19. The van der Waals surface area contributed by atoms with Gasteiger partial charge in [-0.05, 0) is 49.4 Å². The molecule has 3 rings (SSSR count). The second kappa shape index (κ2) is 7.86. The lowest BCUT2D eigenvalue weighted by molar-refractivity contribution is -0.121. The van der Waals surface area contributed by atoms with E-state index in [-0.39, 0.29) is 18.7 Å². The second-order valence-electron chi connectivity index (χ2n) is 6.18. The molecular formula is C20H23NO3. The average molecular weight is 325 g/mol. The summed E-state index contributed by atoms with van der Waals surface area (Å²) in [5, 5.41) is 3.08. The molecule has 0 aromatic heterocycles. The molecule has 0 unspecified atom stereocenters. The van der Waals surface area contributed by atoms with Gasteiger partial charge in [0.1, 0.15) is 0 Å². The maximum Gasteiger partial charge on any atom is 0.231 e. The SMILES string of the molecule is C[C@H](CCc1ccccc1)NC(=O)CCc1ccc2c(c1)OCO2. The Morgan fingerprint density at radius 3 is 2.67 bits per heavy atom. The molecular weight excluding hydrogens is 302 g/mol. The van der Waals surface area contributed by atoms with E-state index in [9.17, 15) is 4.79 Å². The lowest BCUT2D eigenvalue weighted by Gasteiger charge is -2.14. The summed E-state index contributed by atoms with van der Waals surface area (Å²) in [6.07, 6.45) is 3.10. The zero-order valence-corrected chi connectivity index (χ0v) is 14.0. The number of hydrogen-bond acceptors (Lipinski definition) is 3. The molecule has 4 heteroatoms. The molecule has 4 nitrogen and oxygen atoms in total. The number of aryl methyl sites for hydroxylation is 2. The van der Waals surface area contributed by atoms with E-state index in [1.165, 1.54) is 5.56 Å². The molecule has 0 radical (unpaired) electrons. The van der Waals surface area contributed by atoms with Crippen LogP contribution in [0.2, 0.25) is 0 Å². The van der Waals surface area contributed by atoms with Gasteiger partial charge in [0.15, 0.2) is 11.5 Å². The van der Waals surface area contributed by atoms with Crippen LogP contribution in [-0.4, -0.2) is 18.7 Å². The normalized spacial score (nSPS) is 13.5. The molecule has 1 atom stereocenters. The van der Waals surface area contributed by atoms with Gasteiger partial charge < -0.3 is 14.8 Å². The van der Waals surface area contributed by atoms with Crippen molar-refractivity contribution in [2.45, 2.75) is 38.6 Å². The van der Waals surface area contributed by atoms with Crippen molar-refractivity contribution in [2.24, 2.45) is 0 Å². The third kappa shape index (κ3) is 4.51. The van der Waals surface area contributed by atoms with Crippen molar-refractivity contribution in [1.82, 2.24) is 5.32 Å². The summed E-state index contributed by atoms with van der Waals surface area (Å²) in [6.45, 7) is 2.33. The summed E-state index contributed by atoms with van der Waals surface area (Å²) in [6, 6.07) is 16.4. The zero-order valence-electron chi connectivity index (χ0n) is 14.0. The molecule has 1 heterocycles. The van der Waals surface area contributed by atoms with E-state index in [4.69, 9.17) is 9.47 Å². The van der Waals surface area contributed by atoms with E-state index < -0.39 is 0 Å². The van der Waals surface area contributed by atoms with Gasteiger partial charge in [-0.1, -0.05) is 36.4 Å². The fraction of sp³-hybridized carbons (Fsp3) is 0.350. The molecule has 24 heavy (non-hydrogen) atoms. The summed E-state index contributed by atoms with van der Waals surface area (Å²) >= 11 is 0. The fourth-order valence-corrected chi connectivity index (χ4v) is 2.80. The number of hydrogen-bond donors (Lipinski definition) is 1. The number of carbonyl (C=O) groups is 1. The molecule has 0 spiro atoms. The Labute approximate surface area is 142 Å². The molecule has 1 N–H and O–H groups in total. The predicted octanol–water partition coefficient (Wildman–Crippen LogP) is 3.49. The lowest BCUT2D eigenvalue weighted by atomic mass is 10.1. The molecule has 0 saturated carbocycles. The molecule has 0 fully saturated rings. The summed E-state index contributed by atoms with van der Waals surface area (Å²) < 4.78 is 10.7. The van der Waals surface area contributed by atoms with E-state index >= 15 is 0 Å². The van der Waals surface area contributed by atoms with Crippen molar-refractivity contribution in [3.8, 4) is 11.5 Å². The van der Waals surface area contributed by atoms with Crippen LogP contribution in [0.3, 0.4) is 0 Å². The summed E-state index contributed by atoms with van der Waals surface area (Å²) in [7, 11) is 0. The van der Waals surface area contributed by atoms with Gasteiger partial charge in [0, 0.05) is 12.5 Å². The molecule has 1 amide bonds. The maximum absolute atomic E-state index is 12.1. The van der Waals surface area contributed by atoms with Gasteiger partial charge in [0.2, 0.25) is 12.7 Å². The van der Waals surface area contributed by atoms with Crippen LogP contribution in [-0.2, 0) is 17.6 Å². The Balaban J connectivity index is 1.40. The molecule has 126 valence electrons. The van der Waals surface area contributed by atoms with E-state index in [1.807, 2.05) is 36.4 Å². The summed E-state index contributed by atoms with van der Waals surface area (Å²) in [5.41, 5.74) is 2.39. The standard InChI is InChI=1S/C20H23NO3/c1-15(7-8-16-5-3-2-4-6-16)21-20(22)12-10-17-9-11-18-19(13-17)24-14-23-18/h2-6,9,11,13,15H,7-8,10,12,14H2,1H3,(H,21,22)/t15-/m1/s1. The van der Waals surface area contributed by atoms with E-state index in [0.29, 0.717) is 12.8 Å². The minimum atomic E-state index is 0.0910.